The highest BCUT2D eigenvalue weighted by Gasteiger charge is 2.48. The third-order valence-electron chi connectivity index (χ3n) is 7.39. The van der Waals surface area contributed by atoms with E-state index in [0.717, 1.165) is 22.3 Å². The third kappa shape index (κ3) is 10.1. The molecule has 0 aliphatic carbocycles. The number of rotatable bonds is 16. The fourth-order valence-electron chi connectivity index (χ4n) is 5.09. The minimum absolute atomic E-state index is 0.275. The standard InChI is InChI=1S/C38H41NO7/c1-2-41-33(40)23-24-39-34-35(42-25-29-15-7-3-8-16-29)36(43-26-30-17-9-4-10-18-30)38(45-28-32-21-13-6-14-22-32)46-37(34)44-27-31-19-11-5-12-20-31/h3-24,34-39H,2,25-28H2,1H3/b24-23-/t34-,35-,36+,37-,38+/m1/s1. The molecule has 240 valence electrons. The van der Waals surface area contributed by atoms with Crippen molar-refractivity contribution in [3.63, 3.8) is 0 Å². The summed E-state index contributed by atoms with van der Waals surface area (Å²) in [5.41, 5.74) is 3.98. The molecule has 8 nitrogen and oxygen atoms in total. The van der Waals surface area contributed by atoms with Gasteiger partial charge in [0.2, 0.25) is 0 Å². The molecule has 1 aliphatic heterocycles. The van der Waals surface area contributed by atoms with Gasteiger partial charge in [-0.15, -0.1) is 0 Å². The summed E-state index contributed by atoms with van der Waals surface area (Å²) in [6, 6.07) is 39.0. The van der Waals surface area contributed by atoms with Gasteiger partial charge in [0.25, 0.3) is 0 Å². The summed E-state index contributed by atoms with van der Waals surface area (Å²) < 4.78 is 37.8. The molecule has 0 saturated carbocycles. The largest absolute Gasteiger partial charge is 0.463 e. The number of hydrogen-bond donors (Lipinski definition) is 1. The van der Waals surface area contributed by atoms with Crippen LogP contribution in [0.5, 0.6) is 0 Å². The van der Waals surface area contributed by atoms with E-state index in [4.69, 9.17) is 28.4 Å². The minimum atomic E-state index is -0.836. The molecule has 5 rings (SSSR count). The average Bonchev–Trinajstić information content (AvgIpc) is 3.10. The number of nitrogens with one attached hydrogen (secondary N) is 1. The minimum Gasteiger partial charge on any atom is -0.463 e. The zero-order valence-electron chi connectivity index (χ0n) is 26.0. The smallest absolute Gasteiger partial charge is 0.332 e. The molecule has 4 aromatic rings. The number of carbonyl (C=O) groups excluding carboxylic acids is 1. The van der Waals surface area contributed by atoms with E-state index in [2.05, 4.69) is 5.32 Å². The summed E-state index contributed by atoms with van der Waals surface area (Å²) in [5.74, 6) is -0.462. The lowest BCUT2D eigenvalue weighted by atomic mass is 10.00. The predicted octanol–water partition coefficient (Wildman–Crippen LogP) is 6.31. The molecule has 1 saturated heterocycles. The van der Waals surface area contributed by atoms with E-state index in [-0.39, 0.29) is 13.2 Å². The molecule has 0 unspecified atom stereocenters. The van der Waals surface area contributed by atoms with Crippen molar-refractivity contribution >= 4 is 5.97 Å². The summed E-state index contributed by atoms with van der Waals surface area (Å²) in [6.45, 7) is 3.25. The third-order valence-corrected chi connectivity index (χ3v) is 7.39. The monoisotopic (exact) mass is 623 g/mol. The summed E-state index contributed by atoms with van der Waals surface area (Å²) in [6.07, 6.45) is -0.0704. The highest BCUT2D eigenvalue weighted by Crippen LogP contribution is 2.30. The van der Waals surface area contributed by atoms with E-state index in [1.54, 1.807) is 13.1 Å². The van der Waals surface area contributed by atoms with Crippen molar-refractivity contribution in [2.24, 2.45) is 0 Å². The van der Waals surface area contributed by atoms with Crippen LogP contribution in [0, 0.1) is 0 Å². The Labute approximate surface area is 270 Å². The normalized spacial score (nSPS) is 21.2. The van der Waals surface area contributed by atoms with E-state index >= 15 is 0 Å². The topological polar surface area (TPSA) is 84.5 Å². The van der Waals surface area contributed by atoms with Crippen molar-refractivity contribution in [3.8, 4) is 0 Å². The van der Waals surface area contributed by atoms with Gasteiger partial charge in [-0.3, -0.25) is 0 Å². The molecule has 0 spiro atoms. The second-order valence-corrected chi connectivity index (χ2v) is 10.8. The van der Waals surface area contributed by atoms with Gasteiger partial charge in [-0.05, 0) is 29.2 Å². The van der Waals surface area contributed by atoms with Gasteiger partial charge in [-0.1, -0.05) is 121 Å². The van der Waals surface area contributed by atoms with Gasteiger partial charge in [0, 0.05) is 12.3 Å². The number of esters is 1. The Morgan fingerprint density at radius 1 is 0.609 bits per heavy atom. The zero-order chi connectivity index (χ0) is 31.8. The molecule has 0 amide bonds. The van der Waals surface area contributed by atoms with Crippen molar-refractivity contribution in [2.45, 2.75) is 64.2 Å². The highest BCUT2D eigenvalue weighted by atomic mass is 16.8. The lowest BCUT2D eigenvalue weighted by Gasteiger charge is -2.46. The molecular weight excluding hydrogens is 582 g/mol. The van der Waals surface area contributed by atoms with Crippen LogP contribution in [-0.2, 0) is 59.6 Å². The molecule has 5 atom stereocenters. The Morgan fingerprint density at radius 3 is 1.48 bits per heavy atom. The lowest BCUT2D eigenvalue weighted by Crippen LogP contribution is -2.64. The average molecular weight is 624 g/mol. The molecule has 4 aromatic carbocycles. The first-order chi connectivity index (χ1) is 22.7. The Balaban J connectivity index is 1.46. The van der Waals surface area contributed by atoms with Crippen LogP contribution < -0.4 is 5.32 Å². The Bertz CT molecular complexity index is 1450. The van der Waals surface area contributed by atoms with Crippen molar-refractivity contribution in [2.75, 3.05) is 6.61 Å². The molecule has 0 radical (unpaired) electrons. The lowest BCUT2D eigenvalue weighted by molar-refractivity contribution is -0.345. The maximum absolute atomic E-state index is 12.2. The molecule has 1 aliphatic rings. The van der Waals surface area contributed by atoms with Gasteiger partial charge in [0.15, 0.2) is 12.6 Å². The first-order valence-corrected chi connectivity index (χ1v) is 15.6. The molecule has 1 N–H and O–H groups in total. The van der Waals surface area contributed by atoms with Crippen molar-refractivity contribution in [1.82, 2.24) is 5.32 Å². The summed E-state index contributed by atoms with van der Waals surface area (Å²) >= 11 is 0. The van der Waals surface area contributed by atoms with Crippen LogP contribution in [-0.4, -0.2) is 43.4 Å². The first kappa shape index (κ1) is 33.1. The van der Waals surface area contributed by atoms with Crippen molar-refractivity contribution in [3.05, 3.63) is 156 Å². The van der Waals surface area contributed by atoms with Gasteiger partial charge in [0.1, 0.15) is 18.2 Å². The summed E-state index contributed by atoms with van der Waals surface area (Å²) in [5, 5.41) is 3.31. The van der Waals surface area contributed by atoms with E-state index in [0.29, 0.717) is 19.8 Å². The summed E-state index contributed by atoms with van der Waals surface area (Å²) in [7, 11) is 0. The van der Waals surface area contributed by atoms with Crippen LogP contribution in [0.15, 0.2) is 134 Å². The molecular formula is C38H41NO7. The fraction of sp³-hybridized carbons (Fsp3) is 0.289. The van der Waals surface area contributed by atoms with Gasteiger partial charge in [0.05, 0.1) is 33.0 Å². The van der Waals surface area contributed by atoms with Crippen molar-refractivity contribution in [1.29, 1.82) is 0 Å². The van der Waals surface area contributed by atoms with Gasteiger partial charge in [-0.25, -0.2) is 4.79 Å². The van der Waals surface area contributed by atoms with E-state index in [9.17, 15) is 4.79 Å². The van der Waals surface area contributed by atoms with Gasteiger partial charge >= 0.3 is 5.97 Å². The highest BCUT2D eigenvalue weighted by molar-refractivity contribution is 5.81. The molecule has 0 aromatic heterocycles. The Kier molecular flexibility index (Phi) is 12.9. The molecule has 1 fully saturated rings. The number of carbonyl (C=O) groups is 1. The van der Waals surface area contributed by atoms with Crippen LogP contribution in [0.4, 0.5) is 0 Å². The Morgan fingerprint density at radius 2 is 1.02 bits per heavy atom. The fourth-order valence-corrected chi connectivity index (χ4v) is 5.09. The van der Waals surface area contributed by atoms with Crippen LogP contribution in [0.2, 0.25) is 0 Å². The first-order valence-electron chi connectivity index (χ1n) is 15.6. The second kappa shape index (κ2) is 18.0. The quantitative estimate of drug-likeness (QED) is 0.115. The van der Waals surface area contributed by atoms with Crippen LogP contribution in [0.3, 0.4) is 0 Å². The van der Waals surface area contributed by atoms with Crippen molar-refractivity contribution < 1.29 is 33.2 Å². The van der Waals surface area contributed by atoms with Crippen LogP contribution in [0.25, 0.3) is 0 Å². The van der Waals surface area contributed by atoms with E-state index < -0.39 is 36.8 Å². The maximum Gasteiger partial charge on any atom is 0.332 e. The van der Waals surface area contributed by atoms with Crippen LogP contribution >= 0.6 is 0 Å². The Hall–Kier alpha value is -4.31. The second-order valence-electron chi connectivity index (χ2n) is 10.8. The summed E-state index contributed by atoms with van der Waals surface area (Å²) in [4.78, 5) is 12.2. The van der Waals surface area contributed by atoms with Crippen LogP contribution in [0.1, 0.15) is 29.2 Å². The molecule has 0 bridgehead atoms. The molecule has 1 heterocycles. The zero-order valence-corrected chi connectivity index (χ0v) is 26.0. The number of ether oxygens (including phenoxy) is 6. The maximum atomic E-state index is 12.2. The van der Waals surface area contributed by atoms with E-state index in [1.165, 1.54) is 6.08 Å². The molecule has 46 heavy (non-hydrogen) atoms. The predicted molar refractivity (Wildman–Crippen MR) is 174 cm³/mol. The van der Waals surface area contributed by atoms with E-state index in [1.807, 2.05) is 121 Å². The molecule has 8 heteroatoms. The SMILES string of the molecule is CCOC(=O)/C=C\N[C@H]1[C@H](OCc2ccccc2)O[C@H](OCc2ccccc2)[C@@H](OCc2ccccc2)[C@@H]1OCc1ccccc1. The van der Waals surface area contributed by atoms with Gasteiger partial charge in [-0.2, -0.15) is 0 Å². The number of hydrogen-bond acceptors (Lipinski definition) is 8. The van der Waals surface area contributed by atoms with Gasteiger partial charge < -0.3 is 33.7 Å². The number of benzene rings is 4.